The zero-order valence-corrected chi connectivity index (χ0v) is 14.7. The predicted molar refractivity (Wildman–Crippen MR) is 92.8 cm³/mol. The summed E-state index contributed by atoms with van der Waals surface area (Å²) in [4.78, 5) is 14.6. The van der Waals surface area contributed by atoms with E-state index in [2.05, 4.69) is 37.9 Å². The third kappa shape index (κ3) is 2.60. The first-order valence-corrected chi connectivity index (χ1v) is 8.22. The van der Waals surface area contributed by atoms with E-state index in [1.54, 1.807) is 4.90 Å². The molecule has 0 saturated carbocycles. The molecule has 0 atom stereocenters. The Bertz CT molecular complexity index is 743. The first-order valence-electron chi connectivity index (χ1n) is 6.63. The van der Waals surface area contributed by atoms with Crippen LogP contribution in [-0.4, -0.2) is 12.5 Å². The van der Waals surface area contributed by atoms with Crippen molar-refractivity contribution in [3.05, 3.63) is 56.0 Å². The van der Waals surface area contributed by atoms with Gasteiger partial charge in [0.05, 0.1) is 5.56 Å². The summed E-state index contributed by atoms with van der Waals surface area (Å²) in [5.74, 6) is -0.00335. The number of nitrogens with two attached hydrogens (primary N) is 1. The Labute approximate surface area is 140 Å². The summed E-state index contributed by atoms with van der Waals surface area (Å²) in [6.45, 7) is 2.69. The van der Waals surface area contributed by atoms with E-state index >= 15 is 0 Å². The highest BCUT2D eigenvalue weighted by Crippen LogP contribution is 2.34. The summed E-state index contributed by atoms with van der Waals surface area (Å²) in [6, 6.07) is 9.56. The van der Waals surface area contributed by atoms with Crippen molar-refractivity contribution < 1.29 is 4.79 Å². The predicted octanol–water partition coefficient (Wildman–Crippen LogP) is 4.31. The molecule has 0 spiro atoms. The smallest absolute Gasteiger partial charge is 0.259 e. The molecule has 1 heterocycles. The second-order valence-corrected chi connectivity index (χ2v) is 6.94. The van der Waals surface area contributed by atoms with Crippen molar-refractivity contribution in [3.8, 4) is 0 Å². The minimum absolute atomic E-state index is 0.00335. The number of carbonyl (C=O) groups excluding carboxylic acids is 1. The van der Waals surface area contributed by atoms with E-state index < -0.39 is 0 Å². The van der Waals surface area contributed by atoms with Crippen LogP contribution in [0.5, 0.6) is 0 Å². The number of hydrogen-bond donors (Lipinski definition) is 1. The second kappa shape index (κ2) is 5.46. The lowest BCUT2D eigenvalue weighted by Crippen LogP contribution is -2.29. The molecule has 3 rings (SSSR count). The molecular formula is C16H14Br2N2O. The Morgan fingerprint density at radius 1 is 1.24 bits per heavy atom. The molecule has 0 unspecified atom stereocenters. The van der Waals surface area contributed by atoms with Crippen LogP contribution in [0, 0.1) is 6.92 Å². The van der Waals surface area contributed by atoms with Gasteiger partial charge >= 0.3 is 0 Å². The summed E-state index contributed by atoms with van der Waals surface area (Å²) in [5.41, 5.74) is 10.5. The number of carbonyl (C=O) groups is 1. The highest BCUT2D eigenvalue weighted by atomic mass is 79.9. The van der Waals surface area contributed by atoms with E-state index in [9.17, 15) is 4.79 Å². The van der Waals surface area contributed by atoms with Gasteiger partial charge in [-0.1, -0.05) is 22.0 Å². The highest BCUT2D eigenvalue weighted by molar-refractivity contribution is 9.11. The summed E-state index contributed by atoms with van der Waals surface area (Å²) in [5, 5.41) is 0. The van der Waals surface area contributed by atoms with Crippen molar-refractivity contribution >= 4 is 49.1 Å². The van der Waals surface area contributed by atoms with E-state index in [4.69, 9.17) is 5.73 Å². The van der Waals surface area contributed by atoms with E-state index in [-0.39, 0.29) is 5.91 Å². The quantitative estimate of drug-likeness (QED) is 0.713. The minimum Gasteiger partial charge on any atom is -0.398 e. The molecule has 1 amide bonds. The molecule has 0 aromatic heterocycles. The molecule has 108 valence electrons. The number of nitrogen functional groups attached to an aromatic ring is 1. The zero-order valence-electron chi connectivity index (χ0n) is 11.5. The number of aryl methyl sites for hydroxylation is 1. The van der Waals surface area contributed by atoms with Crippen LogP contribution in [0.15, 0.2) is 39.3 Å². The van der Waals surface area contributed by atoms with Crippen LogP contribution in [0.4, 0.5) is 11.4 Å². The molecule has 5 heteroatoms. The van der Waals surface area contributed by atoms with Crippen molar-refractivity contribution in [3.63, 3.8) is 0 Å². The topological polar surface area (TPSA) is 46.3 Å². The van der Waals surface area contributed by atoms with E-state index in [1.807, 2.05) is 31.2 Å². The molecule has 0 saturated heterocycles. The number of amides is 1. The number of rotatable bonds is 1. The lowest BCUT2D eigenvalue weighted by atomic mass is 10.1. The zero-order chi connectivity index (χ0) is 15.1. The fourth-order valence-electron chi connectivity index (χ4n) is 2.60. The first-order chi connectivity index (χ1) is 9.97. The van der Waals surface area contributed by atoms with Crippen molar-refractivity contribution in [1.29, 1.82) is 0 Å². The monoisotopic (exact) mass is 408 g/mol. The number of nitrogens with zero attached hydrogens (tertiary/aromatic N) is 1. The van der Waals surface area contributed by atoms with Gasteiger partial charge in [0.15, 0.2) is 0 Å². The van der Waals surface area contributed by atoms with Gasteiger partial charge in [0.25, 0.3) is 5.91 Å². The molecule has 3 nitrogen and oxygen atoms in total. The number of fused-ring (bicyclic) bond motifs is 1. The molecule has 21 heavy (non-hydrogen) atoms. The number of halogens is 2. The number of benzene rings is 2. The van der Waals surface area contributed by atoms with Gasteiger partial charge in [-0.3, -0.25) is 4.79 Å². The fourth-order valence-corrected chi connectivity index (χ4v) is 3.81. The van der Waals surface area contributed by atoms with Crippen molar-refractivity contribution in [2.24, 2.45) is 0 Å². The van der Waals surface area contributed by atoms with Gasteiger partial charge in [0, 0.05) is 26.9 Å². The lowest BCUT2D eigenvalue weighted by Gasteiger charge is -2.19. The Morgan fingerprint density at radius 2 is 2.00 bits per heavy atom. The maximum absolute atomic E-state index is 12.8. The summed E-state index contributed by atoms with van der Waals surface area (Å²) < 4.78 is 1.73. The molecule has 0 aliphatic carbocycles. The first kappa shape index (κ1) is 14.6. The molecule has 0 fully saturated rings. The normalized spacial score (nSPS) is 13.4. The largest absolute Gasteiger partial charge is 0.398 e. The summed E-state index contributed by atoms with van der Waals surface area (Å²) in [7, 11) is 0. The van der Waals surface area contributed by atoms with Crippen molar-refractivity contribution in [2.45, 2.75) is 13.3 Å². The summed E-state index contributed by atoms with van der Waals surface area (Å²) >= 11 is 6.86. The van der Waals surface area contributed by atoms with Gasteiger partial charge in [0.2, 0.25) is 0 Å². The van der Waals surface area contributed by atoms with Crippen molar-refractivity contribution in [2.75, 3.05) is 17.2 Å². The van der Waals surface area contributed by atoms with Crippen LogP contribution < -0.4 is 10.6 Å². The third-order valence-electron chi connectivity index (χ3n) is 3.77. The van der Waals surface area contributed by atoms with Crippen molar-refractivity contribution in [1.82, 2.24) is 0 Å². The van der Waals surface area contributed by atoms with Gasteiger partial charge in [0.1, 0.15) is 0 Å². The molecule has 1 aliphatic rings. The maximum atomic E-state index is 12.8. The molecule has 2 aromatic rings. The van der Waals surface area contributed by atoms with Crippen LogP contribution in [-0.2, 0) is 6.42 Å². The number of anilines is 2. The van der Waals surface area contributed by atoms with Crippen LogP contribution in [0.1, 0.15) is 21.5 Å². The average Bonchev–Trinajstić information content (AvgIpc) is 2.81. The van der Waals surface area contributed by atoms with Crippen LogP contribution >= 0.6 is 31.9 Å². The molecule has 2 N–H and O–H groups in total. The Hall–Kier alpha value is -1.33. The Balaban J connectivity index is 2.00. The second-order valence-electron chi connectivity index (χ2n) is 5.17. The van der Waals surface area contributed by atoms with Gasteiger partial charge in [-0.15, -0.1) is 0 Å². The van der Waals surface area contributed by atoms with E-state index in [0.717, 1.165) is 32.3 Å². The lowest BCUT2D eigenvalue weighted by molar-refractivity contribution is 0.0988. The molecule has 0 bridgehead atoms. The average molecular weight is 410 g/mol. The molecule has 0 radical (unpaired) electrons. The van der Waals surface area contributed by atoms with Crippen LogP contribution in [0.25, 0.3) is 0 Å². The molecule has 1 aliphatic heterocycles. The number of hydrogen-bond acceptors (Lipinski definition) is 2. The molecule has 2 aromatic carbocycles. The van der Waals surface area contributed by atoms with Crippen LogP contribution in [0.2, 0.25) is 0 Å². The van der Waals surface area contributed by atoms with Gasteiger partial charge in [-0.25, -0.2) is 0 Å². The van der Waals surface area contributed by atoms with Gasteiger partial charge < -0.3 is 10.6 Å². The maximum Gasteiger partial charge on any atom is 0.259 e. The minimum atomic E-state index is -0.00335. The standard InChI is InChI=1S/C16H14Br2N2O/c1-9-6-10-4-5-20(15(10)8-14(9)19)16(21)12-3-2-11(17)7-13(12)18/h2-3,6-8H,4-5,19H2,1H3. The Kier molecular flexibility index (Phi) is 3.80. The Morgan fingerprint density at radius 3 is 2.71 bits per heavy atom. The fraction of sp³-hybridized carbons (Fsp3) is 0.188. The SMILES string of the molecule is Cc1cc2c(cc1N)N(C(=O)c1ccc(Br)cc1Br)CC2. The summed E-state index contributed by atoms with van der Waals surface area (Å²) in [6.07, 6.45) is 0.871. The van der Waals surface area contributed by atoms with Gasteiger partial charge in [-0.2, -0.15) is 0 Å². The van der Waals surface area contributed by atoms with E-state index in [1.165, 1.54) is 5.56 Å². The van der Waals surface area contributed by atoms with Crippen LogP contribution in [0.3, 0.4) is 0 Å². The third-order valence-corrected chi connectivity index (χ3v) is 4.92. The highest BCUT2D eigenvalue weighted by Gasteiger charge is 2.27. The molecular weight excluding hydrogens is 396 g/mol. The van der Waals surface area contributed by atoms with Gasteiger partial charge in [-0.05, 0) is 64.7 Å². The van der Waals surface area contributed by atoms with E-state index in [0.29, 0.717) is 12.1 Å².